The van der Waals surface area contributed by atoms with Gasteiger partial charge in [0.2, 0.25) is 10.0 Å². The number of halogens is 3. The lowest BCUT2D eigenvalue weighted by atomic mass is 10.0. The number of benzene rings is 1. The van der Waals surface area contributed by atoms with Crippen LogP contribution in [0, 0.1) is 11.6 Å². The van der Waals surface area contributed by atoms with Gasteiger partial charge >= 0.3 is 0 Å². The van der Waals surface area contributed by atoms with Crippen molar-refractivity contribution in [2.24, 2.45) is 0 Å². The lowest BCUT2D eigenvalue weighted by Crippen LogP contribution is -2.43. The summed E-state index contributed by atoms with van der Waals surface area (Å²) in [5.74, 6) is -2.85. The molecule has 1 aliphatic heterocycles. The van der Waals surface area contributed by atoms with Gasteiger partial charge in [-0.3, -0.25) is 4.72 Å². The molecule has 0 radical (unpaired) electrons. The molecule has 0 atom stereocenters. The first kappa shape index (κ1) is 36.2. The fourth-order valence-corrected chi connectivity index (χ4v) is 6.92. The summed E-state index contributed by atoms with van der Waals surface area (Å²) in [6.45, 7) is 8.62. The van der Waals surface area contributed by atoms with Crippen LogP contribution in [-0.2, 0) is 14.8 Å². The molecule has 3 heterocycles. The third-order valence-corrected chi connectivity index (χ3v) is 9.97. The molecule has 0 bridgehead atoms. The number of nitrogens with one attached hydrogen (secondary N) is 1. The second-order valence-electron chi connectivity index (χ2n) is 11.8. The molecule has 1 N–H and O–H groups in total. The van der Waals surface area contributed by atoms with Gasteiger partial charge < -0.3 is 19.1 Å². The maximum atomic E-state index is 16.4. The highest BCUT2D eigenvalue weighted by Crippen LogP contribution is 2.27. The van der Waals surface area contributed by atoms with E-state index in [1.807, 2.05) is 24.9 Å². The predicted molar refractivity (Wildman–Crippen MR) is 180 cm³/mol. The van der Waals surface area contributed by atoms with Crippen LogP contribution in [0.2, 0.25) is 0 Å². The Balaban J connectivity index is 1.90. The maximum absolute atomic E-state index is 16.4. The van der Waals surface area contributed by atoms with Crippen LogP contribution in [0.15, 0.2) is 48.6 Å². The van der Waals surface area contributed by atoms with Crippen LogP contribution in [0.25, 0.3) is 29.0 Å². The van der Waals surface area contributed by atoms with Crippen molar-refractivity contribution in [1.82, 2.24) is 24.3 Å². The van der Waals surface area contributed by atoms with Gasteiger partial charge in [-0.1, -0.05) is 26.3 Å². The van der Waals surface area contributed by atoms with Crippen LogP contribution in [0.1, 0.15) is 52.9 Å². The Labute approximate surface area is 275 Å². The Morgan fingerprint density at radius 2 is 1.85 bits per heavy atom. The van der Waals surface area contributed by atoms with Crippen LogP contribution in [-0.4, -0.2) is 84.9 Å². The Kier molecular flexibility index (Phi) is 12.6. The summed E-state index contributed by atoms with van der Waals surface area (Å²) in [6.07, 6.45) is 12.6. The van der Waals surface area contributed by atoms with Gasteiger partial charge in [0.25, 0.3) is 0 Å². The SMILES string of the molecule is CCC/C=c1/c(-c2cncnc2)cn(-c2c(F)ccc(NS(=O)(=O)CCC)c2F)/c1=C/C(F)=C(\C)N(C)C1CCN(CCOC)CC1. The monoisotopic (exact) mass is 674 g/mol. The van der Waals surface area contributed by atoms with Crippen LogP contribution >= 0.6 is 0 Å². The number of piperidine rings is 1. The number of methoxy groups -OCH3 is 1. The molecule has 1 aliphatic rings. The molecule has 1 aromatic carbocycles. The molecule has 256 valence electrons. The summed E-state index contributed by atoms with van der Waals surface area (Å²) >= 11 is 0. The van der Waals surface area contributed by atoms with Crippen molar-refractivity contribution in [2.45, 2.75) is 58.9 Å². The second kappa shape index (κ2) is 16.4. The Bertz CT molecular complexity index is 1770. The Morgan fingerprint density at radius 1 is 1.15 bits per heavy atom. The van der Waals surface area contributed by atoms with Crippen LogP contribution in [0.4, 0.5) is 18.9 Å². The molecule has 4 rings (SSSR count). The minimum absolute atomic E-state index is 0.116. The number of allylic oxidation sites excluding steroid dienone is 2. The fourth-order valence-electron chi connectivity index (χ4n) is 5.79. The Hall–Kier alpha value is -3.68. The zero-order valence-corrected chi connectivity index (χ0v) is 28.6. The van der Waals surface area contributed by atoms with Crippen LogP contribution in [0.5, 0.6) is 0 Å². The standard InChI is InChI=1S/C34H45F3N6O3S/c1-6-8-9-27-28(25-20-38-23-39-21-25)22-43(34-29(35)10-11-31(33(34)37)40-47(44,45)18-7-2)32(27)19-30(36)24(3)41(4)26-12-14-42(15-13-26)16-17-46-5/h9-11,19-23,26,40H,6-8,12-18H2,1-5H3/b27-9-,30-24-,32-19+. The van der Waals surface area contributed by atoms with Gasteiger partial charge in [-0.2, -0.15) is 0 Å². The van der Waals surface area contributed by atoms with E-state index < -0.39 is 38.9 Å². The van der Waals surface area contributed by atoms with Gasteiger partial charge in [-0.05, 0) is 44.7 Å². The van der Waals surface area contributed by atoms with Crippen LogP contribution in [0.3, 0.4) is 0 Å². The molecule has 3 aromatic rings. The van der Waals surface area contributed by atoms with Crippen LogP contribution < -0.4 is 15.3 Å². The fraction of sp³-hybridized carbons (Fsp3) is 0.471. The molecule has 0 aliphatic carbocycles. The van der Waals surface area contributed by atoms with Crippen molar-refractivity contribution in [3.8, 4) is 16.8 Å². The van der Waals surface area contributed by atoms with Gasteiger partial charge in [-0.25, -0.2) is 31.6 Å². The summed E-state index contributed by atoms with van der Waals surface area (Å²) in [6, 6.07) is 2.16. The molecule has 1 saturated heterocycles. The van der Waals surface area contributed by atoms with E-state index >= 15 is 13.2 Å². The van der Waals surface area contributed by atoms with E-state index in [1.165, 1.54) is 23.2 Å². The zero-order chi connectivity index (χ0) is 34.1. The number of hydrogen-bond donors (Lipinski definition) is 1. The first-order chi connectivity index (χ1) is 22.5. The number of nitrogens with zero attached hydrogens (tertiary/aromatic N) is 5. The molecule has 0 amide bonds. The summed E-state index contributed by atoms with van der Waals surface area (Å²) in [4.78, 5) is 12.5. The molecule has 0 saturated carbocycles. The maximum Gasteiger partial charge on any atom is 0.232 e. The molecule has 0 spiro atoms. The smallest absolute Gasteiger partial charge is 0.232 e. The molecular formula is C34H45F3N6O3S. The minimum Gasteiger partial charge on any atom is -0.383 e. The van der Waals surface area contributed by atoms with Gasteiger partial charge in [-0.15, -0.1) is 0 Å². The average molecular weight is 675 g/mol. The highest BCUT2D eigenvalue weighted by molar-refractivity contribution is 7.92. The molecule has 47 heavy (non-hydrogen) atoms. The number of likely N-dealkylation sites (tertiary alicyclic amines) is 1. The third-order valence-electron chi connectivity index (χ3n) is 8.49. The zero-order valence-electron chi connectivity index (χ0n) is 27.8. The number of unbranched alkanes of at least 4 members (excludes halogenated alkanes) is 1. The molecule has 13 heteroatoms. The molecule has 1 fully saturated rings. The number of rotatable bonds is 14. The summed E-state index contributed by atoms with van der Waals surface area (Å²) in [5.41, 5.74) is 0.568. The Morgan fingerprint density at radius 3 is 2.49 bits per heavy atom. The quantitative estimate of drug-likeness (QED) is 0.258. The van der Waals surface area contributed by atoms with E-state index in [1.54, 1.807) is 33.4 Å². The van der Waals surface area contributed by atoms with Gasteiger partial charge in [0, 0.05) is 86.5 Å². The summed E-state index contributed by atoms with van der Waals surface area (Å²) in [7, 11) is -0.339. The van der Waals surface area contributed by atoms with Crippen molar-refractivity contribution < 1.29 is 26.3 Å². The number of anilines is 1. The number of hydrogen-bond acceptors (Lipinski definition) is 7. The van der Waals surface area contributed by atoms with E-state index in [-0.39, 0.29) is 17.1 Å². The summed E-state index contributed by atoms with van der Waals surface area (Å²) < 4.78 is 81.9. The second-order valence-corrected chi connectivity index (χ2v) is 13.6. The predicted octanol–water partition coefficient (Wildman–Crippen LogP) is 4.97. The normalized spacial score (nSPS) is 16.1. The van der Waals surface area contributed by atoms with Crippen molar-refractivity contribution in [2.75, 3.05) is 50.9 Å². The topological polar surface area (TPSA) is 92.6 Å². The van der Waals surface area contributed by atoms with Crippen molar-refractivity contribution in [1.29, 1.82) is 0 Å². The average Bonchev–Trinajstić information content (AvgIpc) is 3.41. The van der Waals surface area contributed by atoms with Gasteiger partial charge in [0.15, 0.2) is 5.82 Å². The summed E-state index contributed by atoms with van der Waals surface area (Å²) in [5, 5.41) is 0.748. The lowest BCUT2D eigenvalue weighted by molar-refractivity contribution is 0.107. The van der Waals surface area contributed by atoms with E-state index in [4.69, 9.17) is 4.74 Å². The first-order valence-electron chi connectivity index (χ1n) is 16.0. The molecule has 2 aromatic heterocycles. The highest BCUT2D eigenvalue weighted by atomic mass is 32.2. The van der Waals surface area contributed by atoms with E-state index in [0.29, 0.717) is 41.5 Å². The van der Waals surface area contributed by atoms with Gasteiger partial charge in [0.05, 0.1) is 23.4 Å². The molecular weight excluding hydrogens is 629 g/mol. The third kappa shape index (κ3) is 8.82. The molecule has 9 nitrogen and oxygen atoms in total. The highest BCUT2D eigenvalue weighted by Gasteiger charge is 2.25. The first-order valence-corrected chi connectivity index (χ1v) is 17.6. The van der Waals surface area contributed by atoms with Crippen molar-refractivity contribution in [3.05, 3.63) is 70.8 Å². The van der Waals surface area contributed by atoms with Crippen molar-refractivity contribution >= 4 is 27.9 Å². The van der Waals surface area contributed by atoms with Crippen molar-refractivity contribution in [3.63, 3.8) is 0 Å². The van der Waals surface area contributed by atoms with E-state index in [9.17, 15) is 8.42 Å². The minimum atomic E-state index is -3.88. The molecule has 0 unspecified atom stereocenters. The van der Waals surface area contributed by atoms with E-state index in [2.05, 4.69) is 19.6 Å². The lowest BCUT2D eigenvalue weighted by Gasteiger charge is -2.38. The van der Waals surface area contributed by atoms with Gasteiger partial charge in [0.1, 0.15) is 23.7 Å². The van der Waals surface area contributed by atoms with E-state index in [0.717, 1.165) is 51.0 Å². The number of ether oxygens (including phenoxy) is 1. The number of aromatic nitrogens is 3. The largest absolute Gasteiger partial charge is 0.383 e. The number of sulfonamides is 1.